The molecule has 2 N–H and O–H groups in total. The van der Waals surface area contributed by atoms with Gasteiger partial charge in [-0.1, -0.05) is 18.2 Å². The Morgan fingerprint density at radius 2 is 2.16 bits per heavy atom. The zero-order chi connectivity index (χ0) is 13.4. The number of aliphatic imine (C=N–C) groups is 1. The Morgan fingerprint density at radius 3 is 2.89 bits per heavy atom. The molecule has 1 atom stereocenters. The zero-order valence-electron chi connectivity index (χ0n) is 9.78. The lowest BCUT2D eigenvalue weighted by atomic mass is 10.2. The summed E-state index contributed by atoms with van der Waals surface area (Å²) in [5.41, 5.74) is 1.10. The molecule has 0 radical (unpaired) electrons. The second-order valence-electron chi connectivity index (χ2n) is 4.15. The highest BCUT2D eigenvalue weighted by Crippen LogP contribution is 2.29. The van der Waals surface area contributed by atoms with Gasteiger partial charge in [0.1, 0.15) is 16.5 Å². The number of aliphatic carboxylic acids is 1. The maximum atomic E-state index is 10.9. The van der Waals surface area contributed by atoms with Crippen LogP contribution in [0.5, 0.6) is 5.75 Å². The average Bonchev–Trinajstić information content (AvgIpc) is 2.87. The van der Waals surface area contributed by atoms with Gasteiger partial charge in [0.25, 0.3) is 0 Å². The van der Waals surface area contributed by atoms with E-state index in [0.29, 0.717) is 16.5 Å². The lowest BCUT2D eigenvalue weighted by Gasteiger charge is -2.04. The van der Waals surface area contributed by atoms with E-state index in [2.05, 4.69) is 9.98 Å². The summed E-state index contributed by atoms with van der Waals surface area (Å²) in [6, 6.07) is 8.29. The van der Waals surface area contributed by atoms with Crippen LogP contribution in [0.3, 0.4) is 0 Å². The van der Waals surface area contributed by atoms with Gasteiger partial charge in [0.15, 0.2) is 6.04 Å². The average molecular weight is 274 g/mol. The molecule has 19 heavy (non-hydrogen) atoms. The van der Waals surface area contributed by atoms with Crippen molar-refractivity contribution >= 4 is 33.7 Å². The van der Waals surface area contributed by atoms with Gasteiger partial charge in [0, 0.05) is 11.1 Å². The smallest absolute Gasteiger partial charge is 0.329 e. The molecule has 0 unspecified atom stereocenters. The molecule has 2 aromatic rings. The number of hydrogen-bond donors (Lipinski definition) is 2. The fourth-order valence-electron chi connectivity index (χ4n) is 1.89. The molecule has 0 amide bonds. The van der Waals surface area contributed by atoms with Crippen molar-refractivity contribution in [1.29, 1.82) is 0 Å². The van der Waals surface area contributed by atoms with Gasteiger partial charge in [-0.25, -0.2) is 9.78 Å². The second-order valence-corrected chi connectivity index (χ2v) is 5.16. The van der Waals surface area contributed by atoms with E-state index in [0.717, 1.165) is 10.9 Å². The Labute approximate surface area is 113 Å². The molecule has 5 nitrogen and oxygen atoms in total. The number of fused-ring (bicyclic) bond motifs is 1. The molecule has 1 aliphatic heterocycles. The van der Waals surface area contributed by atoms with E-state index in [1.54, 1.807) is 6.07 Å². The first-order valence-electron chi connectivity index (χ1n) is 5.67. The molecule has 2 heterocycles. The van der Waals surface area contributed by atoms with E-state index in [-0.39, 0.29) is 5.75 Å². The van der Waals surface area contributed by atoms with Gasteiger partial charge in [-0.05, 0) is 12.1 Å². The summed E-state index contributed by atoms with van der Waals surface area (Å²) >= 11 is 1.30. The molecule has 0 fully saturated rings. The minimum atomic E-state index is -0.956. The first kappa shape index (κ1) is 12.0. The summed E-state index contributed by atoms with van der Waals surface area (Å²) < 4.78 is 0. The number of rotatable bonds is 2. The van der Waals surface area contributed by atoms with Crippen LogP contribution in [-0.4, -0.2) is 38.0 Å². The summed E-state index contributed by atoms with van der Waals surface area (Å²) in [6.07, 6.45) is 0. The van der Waals surface area contributed by atoms with Gasteiger partial charge < -0.3 is 10.2 Å². The minimum Gasteiger partial charge on any atom is -0.506 e. The van der Waals surface area contributed by atoms with Crippen molar-refractivity contribution in [3.05, 3.63) is 36.0 Å². The van der Waals surface area contributed by atoms with Gasteiger partial charge in [0.05, 0.1) is 5.52 Å². The molecule has 96 valence electrons. The Kier molecular flexibility index (Phi) is 2.87. The number of carboxylic acids is 1. The van der Waals surface area contributed by atoms with Crippen LogP contribution in [-0.2, 0) is 4.79 Å². The molecule has 0 spiro atoms. The number of nitrogens with zero attached hydrogens (tertiary/aromatic N) is 2. The first-order valence-corrected chi connectivity index (χ1v) is 6.66. The summed E-state index contributed by atoms with van der Waals surface area (Å²) in [6.45, 7) is 0. The molecule has 0 bridgehead atoms. The van der Waals surface area contributed by atoms with Crippen LogP contribution in [0.25, 0.3) is 10.9 Å². The molecule has 1 aromatic carbocycles. The molecule has 0 saturated carbocycles. The second kappa shape index (κ2) is 4.55. The molecule has 6 heteroatoms. The number of carboxylic acid groups (broad SMARTS) is 1. The van der Waals surface area contributed by atoms with Gasteiger partial charge in [-0.15, -0.1) is 11.8 Å². The highest BCUT2D eigenvalue weighted by Gasteiger charge is 2.27. The Bertz CT molecular complexity index is 699. The predicted molar refractivity (Wildman–Crippen MR) is 73.8 cm³/mol. The van der Waals surface area contributed by atoms with Crippen LogP contribution < -0.4 is 0 Å². The fourth-order valence-corrected chi connectivity index (χ4v) is 2.91. The monoisotopic (exact) mass is 274 g/mol. The predicted octanol–water partition coefficient (Wildman–Crippen LogP) is 1.89. The summed E-state index contributed by atoms with van der Waals surface area (Å²) in [5.74, 6) is -0.558. The highest BCUT2D eigenvalue weighted by atomic mass is 32.2. The van der Waals surface area contributed by atoms with Crippen LogP contribution in [0.15, 0.2) is 35.3 Å². The summed E-state index contributed by atoms with van der Waals surface area (Å²) in [7, 11) is 0. The maximum Gasteiger partial charge on any atom is 0.329 e. The van der Waals surface area contributed by atoms with Crippen LogP contribution >= 0.6 is 11.8 Å². The van der Waals surface area contributed by atoms with Crippen LogP contribution in [0.1, 0.15) is 5.69 Å². The van der Waals surface area contributed by atoms with Crippen LogP contribution in [0.2, 0.25) is 0 Å². The minimum absolute atomic E-state index is 0.0241. The SMILES string of the molecule is O=C(O)[C@@H]1CSC(c2nc3ccccc3cc2O)=N1. The van der Waals surface area contributed by atoms with E-state index >= 15 is 0 Å². The molecular formula is C13H10N2O3S. The number of aromatic nitrogens is 1. The van der Waals surface area contributed by atoms with Gasteiger partial charge in [-0.3, -0.25) is 4.99 Å². The van der Waals surface area contributed by atoms with Crippen molar-refractivity contribution in [2.24, 2.45) is 4.99 Å². The molecular weight excluding hydrogens is 264 g/mol. The summed E-state index contributed by atoms with van der Waals surface area (Å²) in [5, 5.41) is 20.2. The first-order chi connectivity index (χ1) is 9.15. The molecule has 1 aromatic heterocycles. The third kappa shape index (κ3) is 2.15. The Hall–Kier alpha value is -2.08. The quantitative estimate of drug-likeness (QED) is 0.873. The van der Waals surface area contributed by atoms with Crippen molar-refractivity contribution in [3.8, 4) is 5.75 Å². The Balaban J connectivity index is 2.08. The van der Waals surface area contributed by atoms with Crippen molar-refractivity contribution in [2.75, 3.05) is 5.75 Å². The van der Waals surface area contributed by atoms with Gasteiger partial charge >= 0.3 is 5.97 Å². The molecule has 3 rings (SSSR count). The lowest BCUT2D eigenvalue weighted by molar-refractivity contribution is -0.137. The molecule has 1 aliphatic rings. The van der Waals surface area contributed by atoms with Crippen molar-refractivity contribution in [3.63, 3.8) is 0 Å². The zero-order valence-corrected chi connectivity index (χ0v) is 10.6. The number of para-hydroxylation sites is 1. The Morgan fingerprint density at radius 1 is 1.37 bits per heavy atom. The van der Waals surface area contributed by atoms with E-state index in [1.807, 2.05) is 24.3 Å². The van der Waals surface area contributed by atoms with E-state index < -0.39 is 12.0 Å². The number of thioether (sulfide) groups is 1. The van der Waals surface area contributed by atoms with Crippen molar-refractivity contribution < 1.29 is 15.0 Å². The van der Waals surface area contributed by atoms with E-state index in [1.165, 1.54) is 11.8 Å². The number of hydrogen-bond acceptors (Lipinski definition) is 5. The van der Waals surface area contributed by atoms with Crippen LogP contribution in [0.4, 0.5) is 0 Å². The fraction of sp³-hybridized carbons (Fsp3) is 0.154. The standard InChI is InChI=1S/C13H10N2O3S/c16-10-5-7-3-1-2-4-8(7)14-11(10)12-15-9(6-19-12)13(17)18/h1-5,9,16H,6H2,(H,17,18)/t9-/m0/s1. The van der Waals surface area contributed by atoms with Crippen LogP contribution in [0, 0.1) is 0 Å². The lowest BCUT2D eigenvalue weighted by Crippen LogP contribution is -2.17. The molecule has 0 saturated heterocycles. The summed E-state index contributed by atoms with van der Waals surface area (Å²) in [4.78, 5) is 19.3. The van der Waals surface area contributed by atoms with E-state index in [9.17, 15) is 9.90 Å². The largest absolute Gasteiger partial charge is 0.506 e. The van der Waals surface area contributed by atoms with E-state index in [4.69, 9.17) is 5.11 Å². The topological polar surface area (TPSA) is 82.8 Å². The third-order valence-corrected chi connectivity index (χ3v) is 3.90. The molecule has 0 aliphatic carbocycles. The number of benzene rings is 1. The van der Waals surface area contributed by atoms with Gasteiger partial charge in [0.2, 0.25) is 0 Å². The maximum absolute atomic E-state index is 10.9. The number of carbonyl (C=O) groups is 1. The third-order valence-electron chi connectivity index (χ3n) is 2.84. The van der Waals surface area contributed by atoms with Crippen molar-refractivity contribution in [1.82, 2.24) is 4.98 Å². The highest BCUT2D eigenvalue weighted by molar-refractivity contribution is 8.14. The number of aromatic hydroxyl groups is 1. The normalized spacial score (nSPS) is 18.5. The van der Waals surface area contributed by atoms with Gasteiger partial charge in [-0.2, -0.15) is 0 Å². The van der Waals surface area contributed by atoms with Crippen molar-refractivity contribution in [2.45, 2.75) is 6.04 Å². The number of pyridine rings is 1.